The molecule has 0 radical (unpaired) electrons. The quantitative estimate of drug-likeness (QED) is 0.593. The predicted octanol–water partition coefficient (Wildman–Crippen LogP) is 2.12. The second-order valence-corrected chi connectivity index (χ2v) is 5.30. The summed E-state index contributed by atoms with van der Waals surface area (Å²) in [4.78, 5) is 5.05. The van der Waals surface area contributed by atoms with Crippen LogP contribution in [0.4, 0.5) is 0 Å². The standard InChI is InChI=1S/C14H19N3OS/c1-3-16-14(15-2)17-9-11(18)13-8-10-6-4-5-7-12(10)19-13/h4-8,11,18H,3,9H2,1-2H3,(H2,15,16,17). The van der Waals surface area contributed by atoms with Gasteiger partial charge in [0, 0.05) is 29.7 Å². The molecule has 4 nitrogen and oxygen atoms in total. The first kappa shape index (κ1) is 13.8. The Hall–Kier alpha value is -1.59. The molecule has 0 saturated carbocycles. The normalized spacial score (nSPS) is 13.5. The van der Waals surface area contributed by atoms with E-state index in [1.807, 2.05) is 25.1 Å². The van der Waals surface area contributed by atoms with Crippen LogP contribution in [0, 0.1) is 0 Å². The molecule has 1 aromatic carbocycles. The maximum Gasteiger partial charge on any atom is 0.191 e. The van der Waals surface area contributed by atoms with Crippen LogP contribution in [0.2, 0.25) is 0 Å². The minimum atomic E-state index is -0.521. The summed E-state index contributed by atoms with van der Waals surface area (Å²) in [5.74, 6) is 0.711. The summed E-state index contributed by atoms with van der Waals surface area (Å²) in [7, 11) is 1.72. The molecule has 0 spiro atoms. The number of hydrogen-bond acceptors (Lipinski definition) is 3. The summed E-state index contributed by atoms with van der Waals surface area (Å²) in [5.41, 5.74) is 0. The Labute approximate surface area is 117 Å². The average Bonchev–Trinajstić information content (AvgIpc) is 2.87. The second-order valence-electron chi connectivity index (χ2n) is 4.19. The van der Waals surface area contributed by atoms with Crippen molar-refractivity contribution < 1.29 is 5.11 Å². The summed E-state index contributed by atoms with van der Waals surface area (Å²) in [6.07, 6.45) is -0.521. The third kappa shape index (κ3) is 3.45. The number of aliphatic imine (C=N–C) groups is 1. The minimum absolute atomic E-state index is 0.451. The van der Waals surface area contributed by atoms with E-state index in [2.05, 4.69) is 27.8 Å². The van der Waals surface area contributed by atoms with E-state index < -0.39 is 6.10 Å². The lowest BCUT2D eigenvalue weighted by Gasteiger charge is -2.13. The number of thiophene rings is 1. The second kappa shape index (κ2) is 6.54. The number of nitrogens with zero attached hydrogens (tertiary/aromatic N) is 1. The van der Waals surface area contributed by atoms with Crippen molar-refractivity contribution in [3.63, 3.8) is 0 Å². The van der Waals surface area contributed by atoms with Gasteiger partial charge in [-0.3, -0.25) is 4.99 Å². The van der Waals surface area contributed by atoms with Crippen molar-refractivity contribution in [1.82, 2.24) is 10.6 Å². The Kier molecular flexibility index (Phi) is 4.76. The van der Waals surface area contributed by atoms with Gasteiger partial charge in [-0.25, -0.2) is 0 Å². The van der Waals surface area contributed by atoms with Gasteiger partial charge in [0.1, 0.15) is 6.10 Å². The lowest BCUT2D eigenvalue weighted by Crippen LogP contribution is -2.39. The van der Waals surface area contributed by atoms with E-state index in [0.29, 0.717) is 12.5 Å². The Morgan fingerprint density at radius 2 is 2.16 bits per heavy atom. The lowest BCUT2D eigenvalue weighted by molar-refractivity contribution is 0.184. The number of fused-ring (bicyclic) bond motifs is 1. The predicted molar refractivity (Wildman–Crippen MR) is 81.8 cm³/mol. The summed E-state index contributed by atoms with van der Waals surface area (Å²) >= 11 is 1.63. The number of benzene rings is 1. The minimum Gasteiger partial charge on any atom is -0.386 e. The van der Waals surface area contributed by atoms with Crippen LogP contribution in [0.3, 0.4) is 0 Å². The van der Waals surface area contributed by atoms with Gasteiger partial charge in [-0.1, -0.05) is 18.2 Å². The zero-order valence-electron chi connectivity index (χ0n) is 11.2. The van der Waals surface area contributed by atoms with Gasteiger partial charge in [-0.2, -0.15) is 0 Å². The third-order valence-electron chi connectivity index (χ3n) is 2.80. The Morgan fingerprint density at radius 1 is 1.37 bits per heavy atom. The lowest BCUT2D eigenvalue weighted by atomic mass is 10.2. The van der Waals surface area contributed by atoms with Crippen molar-refractivity contribution in [2.75, 3.05) is 20.1 Å². The number of guanidine groups is 1. The van der Waals surface area contributed by atoms with E-state index in [1.165, 1.54) is 10.1 Å². The van der Waals surface area contributed by atoms with Crippen molar-refractivity contribution in [2.24, 2.45) is 4.99 Å². The largest absolute Gasteiger partial charge is 0.386 e. The number of hydrogen-bond donors (Lipinski definition) is 3. The maximum absolute atomic E-state index is 10.2. The molecule has 0 amide bonds. The molecule has 0 aliphatic rings. The molecule has 0 bridgehead atoms. The summed E-state index contributed by atoms with van der Waals surface area (Å²) < 4.78 is 1.20. The highest BCUT2D eigenvalue weighted by Gasteiger charge is 2.11. The highest BCUT2D eigenvalue weighted by Crippen LogP contribution is 2.29. The van der Waals surface area contributed by atoms with Crippen LogP contribution < -0.4 is 10.6 Å². The first-order valence-corrected chi connectivity index (χ1v) is 7.17. The van der Waals surface area contributed by atoms with Crippen LogP contribution >= 0.6 is 11.3 Å². The SMILES string of the molecule is CCNC(=NC)NCC(O)c1cc2ccccc2s1. The van der Waals surface area contributed by atoms with Gasteiger partial charge in [0.2, 0.25) is 0 Å². The Bertz CT molecular complexity index is 532. The fourth-order valence-electron chi connectivity index (χ4n) is 1.85. The Balaban J connectivity index is 2.01. The van der Waals surface area contributed by atoms with Crippen molar-refractivity contribution in [3.05, 3.63) is 35.2 Å². The number of nitrogens with one attached hydrogen (secondary N) is 2. The van der Waals surface area contributed by atoms with Crippen molar-refractivity contribution in [2.45, 2.75) is 13.0 Å². The fourth-order valence-corrected chi connectivity index (χ4v) is 2.90. The zero-order valence-corrected chi connectivity index (χ0v) is 12.0. The van der Waals surface area contributed by atoms with Gasteiger partial charge in [-0.15, -0.1) is 11.3 Å². The van der Waals surface area contributed by atoms with Gasteiger partial charge in [0.05, 0.1) is 0 Å². The van der Waals surface area contributed by atoms with E-state index in [1.54, 1.807) is 18.4 Å². The smallest absolute Gasteiger partial charge is 0.191 e. The van der Waals surface area contributed by atoms with Gasteiger partial charge >= 0.3 is 0 Å². The van der Waals surface area contributed by atoms with Crippen LogP contribution in [-0.2, 0) is 0 Å². The molecule has 0 aliphatic carbocycles. The monoisotopic (exact) mass is 277 g/mol. The maximum atomic E-state index is 10.2. The molecule has 1 atom stereocenters. The van der Waals surface area contributed by atoms with Crippen LogP contribution in [-0.4, -0.2) is 31.2 Å². The molecule has 3 N–H and O–H groups in total. The topological polar surface area (TPSA) is 56.7 Å². The van der Waals surface area contributed by atoms with Gasteiger partial charge in [-0.05, 0) is 24.4 Å². The molecule has 102 valence electrons. The number of aliphatic hydroxyl groups excluding tert-OH is 1. The van der Waals surface area contributed by atoms with E-state index in [0.717, 1.165) is 11.4 Å². The summed E-state index contributed by atoms with van der Waals surface area (Å²) in [5, 5.41) is 17.6. The molecule has 0 fully saturated rings. The first-order chi connectivity index (χ1) is 9.24. The molecule has 0 saturated heterocycles. The molecule has 0 aliphatic heterocycles. The number of rotatable bonds is 4. The first-order valence-electron chi connectivity index (χ1n) is 6.35. The molecule has 2 rings (SSSR count). The molecule has 19 heavy (non-hydrogen) atoms. The molecular weight excluding hydrogens is 258 g/mol. The van der Waals surface area contributed by atoms with Crippen LogP contribution in [0.25, 0.3) is 10.1 Å². The van der Waals surface area contributed by atoms with E-state index in [9.17, 15) is 5.11 Å². The highest BCUT2D eigenvalue weighted by molar-refractivity contribution is 7.19. The molecule has 1 unspecified atom stereocenters. The summed E-state index contributed by atoms with van der Waals surface area (Å²) in [6.45, 7) is 3.26. The van der Waals surface area contributed by atoms with E-state index in [4.69, 9.17) is 0 Å². The molecule has 5 heteroatoms. The summed E-state index contributed by atoms with van der Waals surface area (Å²) in [6, 6.07) is 10.2. The number of aliphatic hydroxyl groups is 1. The van der Waals surface area contributed by atoms with Crippen LogP contribution in [0.5, 0.6) is 0 Å². The van der Waals surface area contributed by atoms with Crippen molar-refractivity contribution in [3.8, 4) is 0 Å². The van der Waals surface area contributed by atoms with Gasteiger partial charge < -0.3 is 15.7 Å². The highest BCUT2D eigenvalue weighted by atomic mass is 32.1. The third-order valence-corrected chi connectivity index (χ3v) is 4.02. The molecule has 2 aromatic rings. The molecule has 1 aromatic heterocycles. The average molecular weight is 277 g/mol. The van der Waals surface area contributed by atoms with Crippen LogP contribution in [0.1, 0.15) is 17.9 Å². The Morgan fingerprint density at radius 3 is 2.84 bits per heavy atom. The van der Waals surface area contributed by atoms with Crippen molar-refractivity contribution in [1.29, 1.82) is 0 Å². The fraction of sp³-hybridized carbons (Fsp3) is 0.357. The molecular formula is C14H19N3OS. The molecule has 1 heterocycles. The van der Waals surface area contributed by atoms with Gasteiger partial charge in [0.25, 0.3) is 0 Å². The zero-order chi connectivity index (χ0) is 13.7. The van der Waals surface area contributed by atoms with E-state index in [-0.39, 0.29) is 0 Å². The van der Waals surface area contributed by atoms with E-state index >= 15 is 0 Å². The van der Waals surface area contributed by atoms with Gasteiger partial charge in [0.15, 0.2) is 5.96 Å². The van der Waals surface area contributed by atoms with Crippen molar-refractivity contribution >= 4 is 27.4 Å². The van der Waals surface area contributed by atoms with Crippen LogP contribution in [0.15, 0.2) is 35.3 Å².